The summed E-state index contributed by atoms with van der Waals surface area (Å²) in [4.78, 5) is 0. The molecule has 0 spiro atoms. The van der Waals surface area contributed by atoms with Gasteiger partial charge in [-0.1, -0.05) is 66.7 Å². The smallest absolute Gasteiger partial charge is 0.113 e. The molecule has 2 aromatic carbocycles. The summed E-state index contributed by atoms with van der Waals surface area (Å²) in [6, 6.07) is 19.8. The van der Waals surface area contributed by atoms with Crippen LogP contribution >= 0.6 is 0 Å². The molecule has 0 amide bonds. The molecule has 2 atom stereocenters. The zero-order chi connectivity index (χ0) is 16.5. The number of hydrogen-bond acceptors (Lipinski definition) is 3. The average Bonchev–Trinajstić information content (AvgIpc) is 2.59. The summed E-state index contributed by atoms with van der Waals surface area (Å²) in [5.41, 5.74) is 0.999. The molecule has 0 fully saturated rings. The summed E-state index contributed by atoms with van der Waals surface area (Å²) in [7, 11) is 0. The van der Waals surface area contributed by atoms with Gasteiger partial charge in [-0.3, -0.25) is 0 Å². The second kappa shape index (κ2) is 8.63. The molecule has 0 saturated heterocycles. The molecule has 0 aliphatic carbocycles. The summed E-state index contributed by atoms with van der Waals surface area (Å²) in [5, 5.41) is 10.4. The van der Waals surface area contributed by atoms with E-state index in [0.717, 1.165) is 11.1 Å². The van der Waals surface area contributed by atoms with E-state index in [-0.39, 0.29) is 0 Å². The van der Waals surface area contributed by atoms with Crippen LogP contribution in [0.3, 0.4) is 0 Å². The quantitative estimate of drug-likeness (QED) is 0.717. The van der Waals surface area contributed by atoms with E-state index in [1.165, 1.54) is 6.08 Å². The van der Waals surface area contributed by atoms with Crippen molar-refractivity contribution in [1.82, 2.24) is 0 Å². The van der Waals surface area contributed by atoms with E-state index >= 15 is 0 Å². The van der Waals surface area contributed by atoms with E-state index in [1.54, 1.807) is 6.92 Å². The number of ether oxygens (including phenoxy) is 2. The van der Waals surface area contributed by atoms with Crippen LogP contribution in [0.15, 0.2) is 73.3 Å². The van der Waals surface area contributed by atoms with Crippen molar-refractivity contribution in [2.24, 2.45) is 0 Å². The average molecular weight is 312 g/mol. The van der Waals surface area contributed by atoms with Crippen LogP contribution in [0.5, 0.6) is 0 Å². The molecule has 2 aromatic rings. The molecule has 0 aliphatic heterocycles. The highest BCUT2D eigenvalue weighted by atomic mass is 16.5. The van der Waals surface area contributed by atoms with Crippen molar-refractivity contribution in [3.8, 4) is 0 Å². The molecule has 122 valence electrons. The molecular weight excluding hydrogens is 288 g/mol. The molecular formula is C20H24O3. The number of rotatable bonds is 9. The van der Waals surface area contributed by atoms with E-state index in [9.17, 15) is 5.11 Å². The topological polar surface area (TPSA) is 38.7 Å². The molecule has 0 radical (unpaired) electrons. The molecule has 3 heteroatoms. The second-order valence-electron chi connectivity index (χ2n) is 5.72. The molecule has 1 N–H and O–H groups in total. The van der Waals surface area contributed by atoms with Crippen LogP contribution in [0.4, 0.5) is 0 Å². The van der Waals surface area contributed by atoms with Gasteiger partial charge in [0, 0.05) is 0 Å². The first-order chi connectivity index (χ1) is 11.1. The van der Waals surface area contributed by atoms with Gasteiger partial charge in [-0.25, -0.2) is 0 Å². The Labute approximate surface area is 138 Å². The normalized spacial score (nSPS) is 14.9. The summed E-state index contributed by atoms with van der Waals surface area (Å²) in [5.74, 6) is 0. The van der Waals surface area contributed by atoms with Gasteiger partial charge in [0.2, 0.25) is 0 Å². The maximum Gasteiger partial charge on any atom is 0.113 e. The van der Waals surface area contributed by atoms with Crippen LogP contribution in [0, 0.1) is 0 Å². The van der Waals surface area contributed by atoms with Gasteiger partial charge in [-0.2, -0.15) is 0 Å². The third-order valence-corrected chi connectivity index (χ3v) is 3.74. The zero-order valence-corrected chi connectivity index (χ0v) is 13.5. The lowest BCUT2D eigenvalue weighted by atomic mass is 10.00. The van der Waals surface area contributed by atoms with E-state index in [0.29, 0.717) is 19.8 Å². The van der Waals surface area contributed by atoms with Crippen LogP contribution in [-0.2, 0) is 22.7 Å². The van der Waals surface area contributed by atoms with Crippen molar-refractivity contribution in [1.29, 1.82) is 0 Å². The van der Waals surface area contributed by atoms with Crippen LogP contribution in [0.25, 0.3) is 0 Å². The van der Waals surface area contributed by atoms with Gasteiger partial charge in [-0.05, 0) is 18.1 Å². The van der Waals surface area contributed by atoms with Crippen LogP contribution in [0.2, 0.25) is 0 Å². The minimum absolute atomic E-state index is 0.292. The number of benzene rings is 2. The highest BCUT2D eigenvalue weighted by Gasteiger charge is 2.30. The number of aliphatic hydroxyl groups is 1. The largest absolute Gasteiger partial charge is 0.383 e. The van der Waals surface area contributed by atoms with Crippen molar-refractivity contribution in [2.75, 3.05) is 6.61 Å². The standard InChI is InChI=1S/C20H24O3/c1-3-20(2,21)19(23-15-18-12-8-5-9-13-18)16-22-14-17-10-6-4-7-11-17/h3-13,19,21H,1,14-16H2,2H3/t19-,20-/m0/s1. The Morgan fingerprint density at radius 2 is 1.52 bits per heavy atom. The first kappa shape index (κ1) is 17.4. The predicted octanol–water partition coefficient (Wildman–Crippen LogP) is 3.73. The second-order valence-corrected chi connectivity index (χ2v) is 5.72. The monoisotopic (exact) mass is 312 g/mol. The Balaban J connectivity index is 1.90. The minimum atomic E-state index is -1.15. The molecule has 0 bridgehead atoms. The fraction of sp³-hybridized carbons (Fsp3) is 0.300. The van der Waals surface area contributed by atoms with E-state index in [1.807, 2.05) is 60.7 Å². The van der Waals surface area contributed by atoms with Crippen LogP contribution in [-0.4, -0.2) is 23.4 Å². The zero-order valence-electron chi connectivity index (χ0n) is 13.5. The fourth-order valence-electron chi connectivity index (χ4n) is 2.15. The summed E-state index contributed by atoms with van der Waals surface area (Å²) in [6.07, 6.45) is 1.01. The molecule has 23 heavy (non-hydrogen) atoms. The highest BCUT2D eigenvalue weighted by molar-refractivity contribution is 5.14. The summed E-state index contributed by atoms with van der Waals surface area (Å²) >= 11 is 0. The fourth-order valence-corrected chi connectivity index (χ4v) is 2.15. The first-order valence-corrected chi connectivity index (χ1v) is 7.75. The molecule has 0 saturated carbocycles. The van der Waals surface area contributed by atoms with E-state index in [4.69, 9.17) is 9.47 Å². The van der Waals surface area contributed by atoms with Gasteiger partial charge >= 0.3 is 0 Å². The Hall–Kier alpha value is -1.94. The minimum Gasteiger partial charge on any atom is -0.383 e. The first-order valence-electron chi connectivity index (χ1n) is 7.75. The van der Waals surface area contributed by atoms with Gasteiger partial charge in [0.1, 0.15) is 11.7 Å². The predicted molar refractivity (Wildman–Crippen MR) is 91.9 cm³/mol. The third-order valence-electron chi connectivity index (χ3n) is 3.74. The Bertz CT molecular complexity index is 578. The summed E-state index contributed by atoms with van der Waals surface area (Å²) in [6.45, 7) is 6.57. The van der Waals surface area contributed by atoms with E-state index < -0.39 is 11.7 Å². The van der Waals surface area contributed by atoms with Gasteiger partial charge in [0.05, 0.1) is 19.8 Å². The van der Waals surface area contributed by atoms with Gasteiger partial charge in [0.25, 0.3) is 0 Å². The van der Waals surface area contributed by atoms with Crippen LogP contribution < -0.4 is 0 Å². The Morgan fingerprint density at radius 1 is 1.00 bits per heavy atom. The van der Waals surface area contributed by atoms with Crippen molar-refractivity contribution in [3.63, 3.8) is 0 Å². The molecule has 3 nitrogen and oxygen atoms in total. The third kappa shape index (κ3) is 5.64. The molecule has 0 unspecified atom stereocenters. The lowest BCUT2D eigenvalue weighted by Gasteiger charge is -2.30. The van der Waals surface area contributed by atoms with Crippen molar-refractivity contribution in [3.05, 3.63) is 84.4 Å². The summed E-state index contributed by atoms with van der Waals surface area (Å²) < 4.78 is 11.6. The van der Waals surface area contributed by atoms with E-state index in [2.05, 4.69) is 6.58 Å². The lowest BCUT2D eigenvalue weighted by molar-refractivity contribution is -0.115. The molecule has 0 aliphatic rings. The van der Waals surface area contributed by atoms with Crippen molar-refractivity contribution in [2.45, 2.75) is 31.8 Å². The van der Waals surface area contributed by atoms with Gasteiger partial charge in [0.15, 0.2) is 0 Å². The SMILES string of the molecule is C=C[C@](C)(O)[C@H](COCc1ccccc1)OCc1ccccc1. The Kier molecular flexibility index (Phi) is 6.53. The van der Waals surface area contributed by atoms with Crippen molar-refractivity contribution < 1.29 is 14.6 Å². The van der Waals surface area contributed by atoms with Crippen LogP contribution in [0.1, 0.15) is 18.1 Å². The highest BCUT2D eigenvalue weighted by Crippen LogP contribution is 2.18. The maximum absolute atomic E-state index is 10.4. The van der Waals surface area contributed by atoms with Gasteiger partial charge in [-0.15, -0.1) is 6.58 Å². The maximum atomic E-state index is 10.4. The molecule has 0 aromatic heterocycles. The molecule has 2 rings (SSSR count). The van der Waals surface area contributed by atoms with Crippen molar-refractivity contribution >= 4 is 0 Å². The lowest BCUT2D eigenvalue weighted by Crippen LogP contribution is -2.42. The molecule has 0 heterocycles. The van der Waals surface area contributed by atoms with Gasteiger partial charge < -0.3 is 14.6 Å². The Morgan fingerprint density at radius 3 is 2.04 bits per heavy atom. The number of hydrogen-bond donors (Lipinski definition) is 1.